The average Bonchev–Trinajstić information content (AvgIpc) is 2.12. The Bertz CT molecular complexity index is 229. The number of rotatable bonds is 4. The molecule has 0 aliphatic carbocycles. The molecule has 0 bridgehead atoms. The van der Waals surface area contributed by atoms with Gasteiger partial charge in [0, 0.05) is 36.1 Å². The fourth-order valence-corrected chi connectivity index (χ4v) is 3.46. The van der Waals surface area contributed by atoms with Gasteiger partial charge in [0.25, 0.3) is 0 Å². The fraction of sp³-hybridized carbons (Fsp3) is 0.909. The number of hydrogen-bond acceptors (Lipinski definition) is 3. The Kier molecular flexibility index (Phi) is 4.87. The highest BCUT2D eigenvalue weighted by Crippen LogP contribution is 2.31. The summed E-state index contributed by atoms with van der Waals surface area (Å²) < 4.78 is 0.377. The topological polar surface area (TPSA) is 29.3 Å². The molecule has 0 radical (unpaired) electrons. The Morgan fingerprint density at radius 2 is 2.27 bits per heavy atom. The van der Waals surface area contributed by atoms with Crippen LogP contribution >= 0.6 is 24.0 Å². The van der Waals surface area contributed by atoms with Crippen molar-refractivity contribution in [3.63, 3.8) is 0 Å². The maximum absolute atomic E-state index is 5.64. The molecule has 0 aromatic carbocycles. The number of thioether (sulfide) groups is 1. The number of thiocarbonyl (C=S) groups is 1. The highest BCUT2D eigenvalue weighted by Gasteiger charge is 2.30. The molecule has 1 aliphatic rings. The molecule has 1 unspecified atom stereocenters. The van der Waals surface area contributed by atoms with Gasteiger partial charge in [0.1, 0.15) is 0 Å². The van der Waals surface area contributed by atoms with Gasteiger partial charge in [0.05, 0.1) is 4.99 Å². The van der Waals surface area contributed by atoms with Crippen molar-refractivity contribution in [2.24, 2.45) is 5.73 Å². The maximum Gasteiger partial charge on any atom is 0.0743 e. The maximum atomic E-state index is 5.64. The standard InChI is InChI=1S/C11H22N2S2/c1-4-9(7-10(12)14)13-5-6-15-11(2,3)8-13/h9H,4-8H2,1-3H3,(H2,12,14). The average molecular weight is 246 g/mol. The molecule has 0 saturated carbocycles. The molecule has 2 N–H and O–H groups in total. The zero-order chi connectivity index (χ0) is 11.5. The van der Waals surface area contributed by atoms with Gasteiger partial charge >= 0.3 is 0 Å². The third-order valence-electron chi connectivity index (χ3n) is 2.88. The van der Waals surface area contributed by atoms with Gasteiger partial charge in [-0.3, -0.25) is 4.90 Å². The summed E-state index contributed by atoms with van der Waals surface area (Å²) in [7, 11) is 0. The van der Waals surface area contributed by atoms with Gasteiger partial charge < -0.3 is 5.73 Å². The lowest BCUT2D eigenvalue weighted by Gasteiger charge is -2.41. The SMILES string of the molecule is CCC(CC(N)=S)N1CCSC(C)(C)C1. The first kappa shape index (κ1) is 13.3. The molecule has 88 valence electrons. The molecule has 0 aromatic heterocycles. The molecule has 2 nitrogen and oxygen atoms in total. The summed E-state index contributed by atoms with van der Waals surface area (Å²) in [5.41, 5.74) is 5.64. The summed E-state index contributed by atoms with van der Waals surface area (Å²) >= 11 is 7.08. The predicted octanol–water partition coefficient (Wildman–Crippen LogP) is 2.27. The monoisotopic (exact) mass is 246 g/mol. The van der Waals surface area contributed by atoms with Crippen LogP contribution in [0.15, 0.2) is 0 Å². The first-order chi connectivity index (χ1) is 6.94. The van der Waals surface area contributed by atoms with Gasteiger partial charge in [-0.25, -0.2) is 0 Å². The Morgan fingerprint density at radius 1 is 1.60 bits per heavy atom. The Hall–Kier alpha value is 0.200. The van der Waals surface area contributed by atoms with E-state index in [9.17, 15) is 0 Å². The molecule has 0 spiro atoms. The van der Waals surface area contributed by atoms with Crippen LogP contribution in [0.1, 0.15) is 33.6 Å². The zero-order valence-corrected chi connectivity index (χ0v) is 11.6. The van der Waals surface area contributed by atoms with Gasteiger partial charge in [0.15, 0.2) is 0 Å². The van der Waals surface area contributed by atoms with E-state index in [1.54, 1.807) is 0 Å². The molecule has 1 heterocycles. The van der Waals surface area contributed by atoms with Crippen molar-refractivity contribution < 1.29 is 0 Å². The molecule has 0 amide bonds. The van der Waals surface area contributed by atoms with Crippen LogP contribution in [-0.2, 0) is 0 Å². The Labute approximate surface area is 103 Å². The molecule has 1 saturated heterocycles. The van der Waals surface area contributed by atoms with Crippen molar-refractivity contribution in [1.82, 2.24) is 4.90 Å². The summed E-state index contributed by atoms with van der Waals surface area (Å²) in [6.45, 7) is 9.18. The third-order valence-corrected chi connectivity index (χ3v) is 4.34. The van der Waals surface area contributed by atoms with Crippen molar-refractivity contribution in [2.75, 3.05) is 18.8 Å². The zero-order valence-electron chi connectivity index (χ0n) is 9.95. The van der Waals surface area contributed by atoms with Gasteiger partial charge in [-0.1, -0.05) is 19.1 Å². The highest BCUT2D eigenvalue weighted by atomic mass is 32.2. The molecule has 0 aromatic rings. The summed E-state index contributed by atoms with van der Waals surface area (Å²) in [6, 6.07) is 0.544. The molecule has 1 fully saturated rings. The largest absolute Gasteiger partial charge is 0.393 e. The summed E-state index contributed by atoms with van der Waals surface area (Å²) in [5.74, 6) is 1.22. The van der Waals surface area contributed by atoms with Crippen molar-refractivity contribution >= 4 is 29.0 Å². The molecule has 4 heteroatoms. The second-order valence-corrected chi connectivity index (χ2v) is 7.14. The van der Waals surface area contributed by atoms with Crippen LogP contribution in [-0.4, -0.2) is 39.5 Å². The quantitative estimate of drug-likeness (QED) is 0.771. The van der Waals surface area contributed by atoms with Crippen LogP contribution in [0.2, 0.25) is 0 Å². The van der Waals surface area contributed by atoms with Crippen molar-refractivity contribution in [3.05, 3.63) is 0 Å². The van der Waals surface area contributed by atoms with Crippen molar-refractivity contribution in [3.8, 4) is 0 Å². The smallest absolute Gasteiger partial charge is 0.0743 e. The van der Waals surface area contributed by atoms with Gasteiger partial charge in [-0.2, -0.15) is 11.8 Å². The highest BCUT2D eigenvalue weighted by molar-refractivity contribution is 8.00. The first-order valence-corrected chi connectivity index (χ1v) is 7.00. The molecular weight excluding hydrogens is 224 g/mol. The second-order valence-electron chi connectivity index (χ2n) is 4.81. The van der Waals surface area contributed by atoms with Crippen LogP contribution in [0.3, 0.4) is 0 Å². The minimum Gasteiger partial charge on any atom is -0.393 e. The first-order valence-electron chi connectivity index (χ1n) is 5.61. The second kappa shape index (κ2) is 5.51. The summed E-state index contributed by atoms with van der Waals surface area (Å²) in [4.78, 5) is 3.20. The lowest BCUT2D eigenvalue weighted by atomic mass is 10.1. The van der Waals surface area contributed by atoms with E-state index in [-0.39, 0.29) is 0 Å². The van der Waals surface area contributed by atoms with E-state index >= 15 is 0 Å². The van der Waals surface area contributed by atoms with Crippen LogP contribution in [0.4, 0.5) is 0 Å². The fourth-order valence-electron chi connectivity index (χ4n) is 2.13. The summed E-state index contributed by atoms with van der Waals surface area (Å²) in [6.07, 6.45) is 2.00. The van der Waals surface area contributed by atoms with E-state index in [0.29, 0.717) is 15.8 Å². The van der Waals surface area contributed by atoms with E-state index < -0.39 is 0 Å². The number of nitrogens with two attached hydrogens (primary N) is 1. The van der Waals surface area contributed by atoms with Gasteiger partial charge in [-0.15, -0.1) is 0 Å². The number of hydrogen-bond donors (Lipinski definition) is 1. The minimum absolute atomic E-state index is 0.377. The van der Waals surface area contributed by atoms with Crippen LogP contribution in [0.5, 0.6) is 0 Å². The predicted molar refractivity (Wildman–Crippen MR) is 73.6 cm³/mol. The molecule has 15 heavy (non-hydrogen) atoms. The number of nitrogens with zero attached hydrogens (tertiary/aromatic N) is 1. The van der Waals surface area contributed by atoms with E-state index in [4.69, 9.17) is 18.0 Å². The summed E-state index contributed by atoms with van der Waals surface area (Å²) in [5, 5.41) is 0. The molecule has 1 aliphatic heterocycles. The third kappa shape index (κ3) is 4.29. The van der Waals surface area contributed by atoms with E-state index in [1.807, 2.05) is 0 Å². The minimum atomic E-state index is 0.377. The van der Waals surface area contributed by atoms with Gasteiger partial charge in [-0.05, 0) is 20.3 Å². The van der Waals surface area contributed by atoms with Gasteiger partial charge in [0.2, 0.25) is 0 Å². The van der Waals surface area contributed by atoms with Crippen LogP contribution in [0.25, 0.3) is 0 Å². The lowest BCUT2D eigenvalue weighted by Crippen LogP contribution is -2.48. The van der Waals surface area contributed by atoms with Crippen LogP contribution < -0.4 is 5.73 Å². The van der Waals surface area contributed by atoms with E-state index in [0.717, 1.165) is 19.4 Å². The van der Waals surface area contributed by atoms with Crippen molar-refractivity contribution in [2.45, 2.75) is 44.4 Å². The molecular formula is C11H22N2S2. The van der Waals surface area contributed by atoms with E-state index in [2.05, 4.69) is 37.4 Å². The molecule has 1 rings (SSSR count). The van der Waals surface area contributed by atoms with E-state index in [1.165, 1.54) is 12.3 Å². The molecule has 1 atom stereocenters. The normalized spacial score (nSPS) is 23.7. The Morgan fingerprint density at radius 3 is 2.73 bits per heavy atom. The lowest BCUT2D eigenvalue weighted by molar-refractivity contribution is 0.186. The van der Waals surface area contributed by atoms with Crippen molar-refractivity contribution in [1.29, 1.82) is 0 Å². The van der Waals surface area contributed by atoms with Crippen LogP contribution in [0, 0.1) is 0 Å². The Balaban J connectivity index is 2.56.